The minimum Gasteiger partial charge on any atom is -0.355 e. The molecule has 0 radical (unpaired) electrons. The third-order valence-electron chi connectivity index (χ3n) is 6.45. The summed E-state index contributed by atoms with van der Waals surface area (Å²) in [5.41, 5.74) is 7.43. The molecule has 4 saturated carbocycles. The highest BCUT2D eigenvalue weighted by molar-refractivity contribution is 5.81. The molecule has 126 valence electrons. The lowest BCUT2D eigenvalue weighted by molar-refractivity contribution is -0.122. The Morgan fingerprint density at radius 2 is 1.96 bits per heavy atom. The Morgan fingerprint density at radius 3 is 2.52 bits per heavy atom. The molecule has 4 N–H and O–H groups in total. The number of rotatable bonds is 6. The van der Waals surface area contributed by atoms with E-state index in [1.165, 1.54) is 38.5 Å². The fourth-order valence-electron chi connectivity index (χ4n) is 5.90. The lowest BCUT2D eigenvalue weighted by Crippen LogP contribution is -2.48. The van der Waals surface area contributed by atoms with E-state index in [-0.39, 0.29) is 5.91 Å². The van der Waals surface area contributed by atoms with Gasteiger partial charge in [-0.25, -0.2) is 4.98 Å². The van der Waals surface area contributed by atoms with Crippen molar-refractivity contribution in [3.63, 3.8) is 0 Å². The summed E-state index contributed by atoms with van der Waals surface area (Å²) in [6.07, 6.45) is 13.6. The van der Waals surface area contributed by atoms with E-state index >= 15 is 0 Å². The Labute approximate surface area is 137 Å². The normalized spacial score (nSPS) is 36.1. The van der Waals surface area contributed by atoms with Crippen LogP contribution in [0.15, 0.2) is 12.5 Å². The number of carbonyl (C=O) groups excluding carboxylic acids is 1. The van der Waals surface area contributed by atoms with Crippen molar-refractivity contribution in [1.29, 1.82) is 0 Å². The summed E-state index contributed by atoms with van der Waals surface area (Å²) in [4.78, 5) is 19.1. The topological polar surface area (TPSA) is 83.8 Å². The first-order valence-corrected chi connectivity index (χ1v) is 9.12. The van der Waals surface area contributed by atoms with Crippen LogP contribution in [0.4, 0.5) is 0 Å². The number of amides is 1. The average Bonchev–Trinajstić information content (AvgIpc) is 2.98. The van der Waals surface area contributed by atoms with Crippen molar-refractivity contribution >= 4 is 5.91 Å². The van der Waals surface area contributed by atoms with Gasteiger partial charge in [-0.2, -0.15) is 0 Å². The van der Waals surface area contributed by atoms with Crippen molar-refractivity contribution in [3.05, 3.63) is 18.2 Å². The molecule has 0 unspecified atom stereocenters. The zero-order valence-corrected chi connectivity index (χ0v) is 13.8. The largest absolute Gasteiger partial charge is 0.355 e. The molecule has 4 aliphatic carbocycles. The molecule has 1 heterocycles. The van der Waals surface area contributed by atoms with Crippen LogP contribution in [0.5, 0.6) is 0 Å². The molecule has 23 heavy (non-hydrogen) atoms. The monoisotopic (exact) mass is 316 g/mol. The van der Waals surface area contributed by atoms with Crippen LogP contribution in [0.1, 0.15) is 50.6 Å². The van der Waals surface area contributed by atoms with E-state index in [1.807, 2.05) is 0 Å². The SMILES string of the molecule is N[C@@H](Cc1cnc[nH]1)C(=O)NCCC12CC3CC(CC(C3)C1)C2. The van der Waals surface area contributed by atoms with Crippen molar-refractivity contribution < 1.29 is 4.79 Å². The molecule has 0 spiro atoms. The lowest BCUT2D eigenvalue weighted by atomic mass is 9.49. The predicted octanol–water partition coefficient (Wildman–Crippen LogP) is 2.00. The summed E-state index contributed by atoms with van der Waals surface area (Å²) < 4.78 is 0. The molecule has 1 atom stereocenters. The highest BCUT2D eigenvalue weighted by Gasteiger charge is 2.50. The van der Waals surface area contributed by atoms with Crippen LogP contribution >= 0.6 is 0 Å². The molecule has 1 amide bonds. The molecule has 5 rings (SSSR count). The number of nitrogens with zero attached hydrogens (tertiary/aromatic N) is 1. The van der Waals surface area contributed by atoms with Gasteiger partial charge >= 0.3 is 0 Å². The first-order valence-electron chi connectivity index (χ1n) is 9.12. The number of carbonyl (C=O) groups is 1. The predicted molar refractivity (Wildman–Crippen MR) is 88.5 cm³/mol. The van der Waals surface area contributed by atoms with Crippen LogP contribution in [-0.2, 0) is 11.2 Å². The quantitative estimate of drug-likeness (QED) is 0.750. The molecule has 0 saturated heterocycles. The van der Waals surface area contributed by atoms with Crippen LogP contribution < -0.4 is 11.1 Å². The van der Waals surface area contributed by atoms with Gasteiger partial charge < -0.3 is 16.0 Å². The summed E-state index contributed by atoms with van der Waals surface area (Å²) in [5, 5.41) is 3.07. The Morgan fingerprint density at radius 1 is 1.30 bits per heavy atom. The van der Waals surface area contributed by atoms with Gasteiger partial charge in [0.05, 0.1) is 12.4 Å². The van der Waals surface area contributed by atoms with Gasteiger partial charge in [-0.3, -0.25) is 4.79 Å². The Kier molecular flexibility index (Phi) is 3.92. The fraction of sp³-hybridized carbons (Fsp3) is 0.778. The lowest BCUT2D eigenvalue weighted by Gasteiger charge is -2.57. The number of imidazole rings is 1. The van der Waals surface area contributed by atoms with Crippen LogP contribution in [0.25, 0.3) is 0 Å². The van der Waals surface area contributed by atoms with E-state index in [0.717, 1.165) is 36.4 Å². The van der Waals surface area contributed by atoms with Crippen molar-refractivity contribution in [2.45, 2.75) is 57.4 Å². The van der Waals surface area contributed by atoms with Gasteiger partial charge in [-0.15, -0.1) is 0 Å². The van der Waals surface area contributed by atoms with Crippen molar-refractivity contribution in [2.24, 2.45) is 28.9 Å². The molecule has 5 heteroatoms. The maximum Gasteiger partial charge on any atom is 0.237 e. The molecule has 4 fully saturated rings. The maximum absolute atomic E-state index is 12.2. The van der Waals surface area contributed by atoms with E-state index < -0.39 is 6.04 Å². The maximum atomic E-state index is 12.2. The minimum absolute atomic E-state index is 0.0377. The fourth-order valence-corrected chi connectivity index (χ4v) is 5.90. The summed E-state index contributed by atoms with van der Waals surface area (Å²) >= 11 is 0. The van der Waals surface area contributed by atoms with E-state index in [9.17, 15) is 4.79 Å². The number of aromatic amines is 1. The Bertz CT molecular complexity index is 518. The second-order valence-corrected chi connectivity index (χ2v) is 8.35. The van der Waals surface area contributed by atoms with Gasteiger partial charge in [-0.1, -0.05) is 0 Å². The second kappa shape index (κ2) is 5.93. The Balaban J connectivity index is 1.26. The third kappa shape index (κ3) is 3.16. The molecule has 1 aromatic rings. The van der Waals surface area contributed by atoms with Crippen LogP contribution in [0, 0.1) is 23.2 Å². The average molecular weight is 316 g/mol. The molecular formula is C18H28N4O. The summed E-state index contributed by atoms with van der Waals surface area (Å²) in [7, 11) is 0. The third-order valence-corrected chi connectivity index (χ3v) is 6.45. The highest BCUT2D eigenvalue weighted by atomic mass is 16.2. The van der Waals surface area contributed by atoms with Gasteiger partial charge in [0.15, 0.2) is 0 Å². The number of nitrogens with two attached hydrogens (primary N) is 1. The number of H-pyrrole nitrogens is 1. The standard InChI is InChI=1S/C18H28N4O/c19-16(6-15-10-20-11-22-15)17(23)21-2-1-18-7-12-3-13(8-18)5-14(4-12)9-18/h10-14,16H,1-9,19H2,(H,20,22)(H,21,23)/t12?,13?,14?,16-,18?/m0/s1. The van der Waals surface area contributed by atoms with Gasteiger partial charge in [0.2, 0.25) is 5.91 Å². The van der Waals surface area contributed by atoms with Gasteiger partial charge in [0.1, 0.15) is 0 Å². The van der Waals surface area contributed by atoms with E-state index in [0.29, 0.717) is 11.8 Å². The summed E-state index contributed by atoms with van der Waals surface area (Å²) in [6, 6.07) is -0.494. The number of nitrogens with one attached hydrogen (secondary N) is 2. The zero-order chi connectivity index (χ0) is 15.9. The van der Waals surface area contributed by atoms with Crippen molar-refractivity contribution in [3.8, 4) is 0 Å². The van der Waals surface area contributed by atoms with Crippen molar-refractivity contribution in [1.82, 2.24) is 15.3 Å². The first-order chi connectivity index (χ1) is 11.1. The van der Waals surface area contributed by atoms with Gasteiger partial charge in [-0.05, 0) is 68.1 Å². The van der Waals surface area contributed by atoms with E-state index in [1.54, 1.807) is 12.5 Å². The molecule has 4 aliphatic rings. The number of aromatic nitrogens is 2. The number of hydrogen-bond donors (Lipinski definition) is 3. The molecule has 5 nitrogen and oxygen atoms in total. The van der Waals surface area contributed by atoms with E-state index in [2.05, 4.69) is 15.3 Å². The van der Waals surface area contributed by atoms with Crippen molar-refractivity contribution in [2.75, 3.05) is 6.54 Å². The van der Waals surface area contributed by atoms with Gasteiger partial charge in [0, 0.05) is 24.9 Å². The zero-order valence-electron chi connectivity index (χ0n) is 13.8. The molecular weight excluding hydrogens is 288 g/mol. The molecule has 4 bridgehead atoms. The Hall–Kier alpha value is -1.36. The van der Waals surface area contributed by atoms with Gasteiger partial charge in [0.25, 0.3) is 0 Å². The van der Waals surface area contributed by atoms with E-state index in [4.69, 9.17) is 5.73 Å². The second-order valence-electron chi connectivity index (χ2n) is 8.35. The smallest absolute Gasteiger partial charge is 0.237 e. The van der Waals surface area contributed by atoms with Crippen LogP contribution in [0.3, 0.4) is 0 Å². The first kappa shape index (κ1) is 15.2. The van der Waals surface area contributed by atoms with Crippen LogP contribution in [0.2, 0.25) is 0 Å². The highest BCUT2D eigenvalue weighted by Crippen LogP contribution is 2.61. The molecule has 0 aliphatic heterocycles. The van der Waals surface area contributed by atoms with Crippen LogP contribution in [-0.4, -0.2) is 28.5 Å². The minimum atomic E-state index is -0.494. The molecule has 1 aromatic heterocycles. The summed E-state index contributed by atoms with van der Waals surface area (Å²) in [5.74, 6) is 2.88. The number of hydrogen-bond acceptors (Lipinski definition) is 3. The summed E-state index contributed by atoms with van der Waals surface area (Å²) in [6.45, 7) is 0.779. The molecule has 0 aromatic carbocycles.